The highest BCUT2D eigenvalue weighted by atomic mass is 35.5. The van der Waals surface area contributed by atoms with E-state index in [9.17, 15) is 13.0 Å². The molecule has 0 atom stereocenters. The van der Waals surface area contributed by atoms with Gasteiger partial charge in [-0.15, -0.1) is 24.8 Å². The fourth-order valence-electron chi connectivity index (χ4n) is 2.26. The van der Waals surface area contributed by atoms with Crippen LogP contribution in [0.25, 0.3) is 10.9 Å². The van der Waals surface area contributed by atoms with Gasteiger partial charge in [0.15, 0.2) is 6.20 Å². The standard InChI is InChI=1S/C14H16N5.CH4O4S.2ClH/c1-18-7-6-10(11-4-2-3-5-13(11)18)9-19-14(16)12(15)8-17-19;1-5-6(2,3)4;;/h2-8H,9,15-16H2,1H3;1H3,(H,2,3,4);2*1H/q+1;;;/p-1. The van der Waals surface area contributed by atoms with Gasteiger partial charge in [-0.2, -0.15) is 5.10 Å². The molecule has 0 fully saturated rings. The van der Waals surface area contributed by atoms with E-state index in [-0.39, 0.29) is 24.8 Å². The van der Waals surface area contributed by atoms with Crippen molar-refractivity contribution in [2.45, 2.75) is 6.54 Å². The summed E-state index contributed by atoms with van der Waals surface area (Å²) in [6, 6.07) is 10.4. The molecule has 4 N–H and O–H groups in total. The molecule has 2 heterocycles. The van der Waals surface area contributed by atoms with Crippen molar-refractivity contribution in [2.75, 3.05) is 18.6 Å². The number of nitrogens with two attached hydrogens (primary N) is 2. The molecule has 3 aromatic rings. The lowest BCUT2D eigenvalue weighted by Crippen LogP contribution is -2.28. The van der Waals surface area contributed by atoms with E-state index in [1.165, 1.54) is 16.5 Å². The zero-order chi connectivity index (χ0) is 18.6. The third-order valence-corrected chi connectivity index (χ3v) is 3.97. The van der Waals surface area contributed by atoms with E-state index in [0.717, 1.165) is 7.11 Å². The highest BCUT2D eigenvalue weighted by Gasteiger charge is 2.11. The summed E-state index contributed by atoms with van der Waals surface area (Å²) in [6.45, 7) is 0.615. The van der Waals surface area contributed by atoms with Crippen molar-refractivity contribution in [2.24, 2.45) is 7.05 Å². The number of nitrogens with zero attached hydrogens (tertiary/aromatic N) is 3. The van der Waals surface area contributed by atoms with Crippen LogP contribution in [-0.4, -0.2) is 29.9 Å². The highest BCUT2D eigenvalue weighted by Crippen LogP contribution is 2.19. The molecule has 1 aromatic carbocycles. The third-order valence-electron chi connectivity index (χ3n) is 3.56. The first-order valence-electron chi connectivity index (χ1n) is 7.17. The maximum atomic E-state index is 9.22. The van der Waals surface area contributed by atoms with Crippen molar-refractivity contribution in [1.82, 2.24) is 9.78 Å². The molecule has 0 radical (unpaired) electrons. The van der Waals surface area contributed by atoms with Crippen molar-refractivity contribution >= 4 is 57.6 Å². The minimum Gasteiger partial charge on any atom is -0.726 e. The van der Waals surface area contributed by atoms with E-state index in [0.29, 0.717) is 18.1 Å². The first kappa shape index (κ1) is 24.9. The zero-order valence-electron chi connectivity index (χ0n) is 14.6. The lowest BCUT2D eigenvalue weighted by Gasteiger charge is -2.07. The molecule has 0 amide bonds. The molecular weight excluding hydrogens is 417 g/mol. The number of para-hydroxylation sites is 1. The Bertz CT molecular complexity index is 995. The minimum atomic E-state index is -4.41. The smallest absolute Gasteiger partial charge is 0.217 e. The lowest BCUT2D eigenvalue weighted by atomic mass is 10.1. The van der Waals surface area contributed by atoms with E-state index < -0.39 is 10.4 Å². The Morgan fingerprint density at radius 3 is 2.33 bits per heavy atom. The van der Waals surface area contributed by atoms with Crippen LogP contribution in [0.3, 0.4) is 0 Å². The number of fused-ring (bicyclic) bond motifs is 1. The molecule has 0 saturated carbocycles. The van der Waals surface area contributed by atoms with Crippen molar-refractivity contribution in [1.29, 1.82) is 0 Å². The molecule has 9 nitrogen and oxygen atoms in total. The number of rotatable bonds is 3. The van der Waals surface area contributed by atoms with Gasteiger partial charge in [-0.25, -0.2) is 17.7 Å². The van der Waals surface area contributed by atoms with Gasteiger partial charge in [0, 0.05) is 12.1 Å². The van der Waals surface area contributed by atoms with Gasteiger partial charge in [-0.1, -0.05) is 12.1 Å². The topological polar surface area (TPSA) is 140 Å². The Kier molecular flexibility index (Phi) is 9.48. The maximum absolute atomic E-state index is 9.22. The number of hydrogen-bond acceptors (Lipinski definition) is 7. The Morgan fingerprint density at radius 2 is 1.81 bits per heavy atom. The van der Waals surface area contributed by atoms with Gasteiger partial charge in [-0.3, -0.25) is 4.18 Å². The molecular formula is C15H21Cl2N5O4S. The largest absolute Gasteiger partial charge is 0.726 e. The summed E-state index contributed by atoms with van der Waals surface area (Å²) >= 11 is 0. The molecule has 0 bridgehead atoms. The average molecular weight is 438 g/mol. The summed E-state index contributed by atoms with van der Waals surface area (Å²) in [5, 5.41) is 5.40. The van der Waals surface area contributed by atoms with Crippen LogP contribution in [0.15, 0.2) is 42.7 Å². The van der Waals surface area contributed by atoms with E-state index in [1.54, 1.807) is 10.9 Å². The van der Waals surface area contributed by atoms with Gasteiger partial charge in [-0.05, 0) is 11.6 Å². The molecule has 3 rings (SSSR count). The Balaban J connectivity index is 0.000000744. The van der Waals surface area contributed by atoms with Crippen LogP contribution in [0.1, 0.15) is 5.56 Å². The number of aryl methyl sites for hydroxylation is 1. The minimum absolute atomic E-state index is 0. The summed E-state index contributed by atoms with van der Waals surface area (Å²) in [6.07, 6.45) is 3.63. The van der Waals surface area contributed by atoms with Crippen LogP contribution < -0.4 is 16.0 Å². The van der Waals surface area contributed by atoms with Crippen LogP contribution in [0.5, 0.6) is 0 Å². The van der Waals surface area contributed by atoms with Crippen molar-refractivity contribution in [3.05, 3.63) is 48.3 Å². The number of anilines is 2. The fraction of sp³-hybridized carbons (Fsp3) is 0.200. The Hall–Kier alpha value is -2.11. The Labute approximate surface area is 169 Å². The van der Waals surface area contributed by atoms with E-state index >= 15 is 0 Å². The SMILES string of the molecule is COS(=O)(=O)[O-].C[n+]1ccc(Cn2ncc(N)c2N)c2ccccc21.Cl.Cl. The van der Waals surface area contributed by atoms with Gasteiger partial charge in [0.1, 0.15) is 12.9 Å². The lowest BCUT2D eigenvalue weighted by molar-refractivity contribution is -0.644. The second kappa shape index (κ2) is 10.3. The third kappa shape index (κ3) is 6.52. The molecule has 0 aliphatic heterocycles. The van der Waals surface area contributed by atoms with Gasteiger partial charge >= 0.3 is 0 Å². The number of nitrogen functional groups attached to an aromatic ring is 2. The molecule has 0 unspecified atom stereocenters. The van der Waals surface area contributed by atoms with Gasteiger partial charge < -0.3 is 16.0 Å². The summed E-state index contributed by atoms with van der Waals surface area (Å²) in [7, 11) is -1.57. The molecule has 0 aliphatic rings. The number of pyridine rings is 1. The average Bonchev–Trinajstić information content (AvgIpc) is 2.89. The zero-order valence-corrected chi connectivity index (χ0v) is 17.1. The predicted molar refractivity (Wildman–Crippen MR) is 106 cm³/mol. The van der Waals surface area contributed by atoms with E-state index in [1.807, 2.05) is 25.4 Å². The number of aromatic nitrogens is 3. The Morgan fingerprint density at radius 1 is 1.22 bits per heavy atom. The van der Waals surface area contributed by atoms with Gasteiger partial charge in [0.25, 0.3) is 0 Å². The molecule has 2 aromatic heterocycles. The van der Waals surface area contributed by atoms with Crippen molar-refractivity contribution < 1.29 is 21.7 Å². The highest BCUT2D eigenvalue weighted by molar-refractivity contribution is 7.80. The fourth-order valence-corrected chi connectivity index (χ4v) is 2.26. The van der Waals surface area contributed by atoms with Crippen molar-refractivity contribution in [3.8, 4) is 0 Å². The summed E-state index contributed by atoms with van der Waals surface area (Å²) in [5.41, 5.74) is 14.5. The van der Waals surface area contributed by atoms with Crippen molar-refractivity contribution in [3.63, 3.8) is 0 Å². The quantitative estimate of drug-likeness (QED) is 0.353. The number of hydrogen-bond donors (Lipinski definition) is 2. The van der Waals surface area contributed by atoms with E-state index in [4.69, 9.17) is 11.5 Å². The van der Waals surface area contributed by atoms with Crippen LogP contribution in [0, 0.1) is 0 Å². The van der Waals surface area contributed by atoms with Crippen LogP contribution in [0.2, 0.25) is 0 Å². The predicted octanol–water partition coefficient (Wildman–Crippen LogP) is 1.01. The second-order valence-corrected chi connectivity index (χ2v) is 6.34. The molecule has 150 valence electrons. The number of benzene rings is 1. The van der Waals surface area contributed by atoms with E-state index in [2.05, 4.69) is 32.0 Å². The molecule has 12 heteroatoms. The summed E-state index contributed by atoms with van der Waals surface area (Å²) in [4.78, 5) is 0. The molecule has 0 spiro atoms. The van der Waals surface area contributed by atoms with Crippen LogP contribution >= 0.6 is 24.8 Å². The van der Waals surface area contributed by atoms with Gasteiger partial charge in [0.05, 0.1) is 30.9 Å². The molecule has 0 saturated heterocycles. The summed E-state index contributed by atoms with van der Waals surface area (Å²) < 4.78 is 34.8. The monoisotopic (exact) mass is 437 g/mol. The molecule has 0 aliphatic carbocycles. The molecule has 27 heavy (non-hydrogen) atoms. The van der Waals surface area contributed by atoms with Crippen LogP contribution in [0.4, 0.5) is 11.5 Å². The van der Waals surface area contributed by atoms with Gasteiger partial charge in [0.2, 0.25) is 15.9 Å². The first-order valence-corrected chi connectivity index (χ1v) is 8.50. The first-order chi connectivity index (χ1) is 11.7. The number of halogens is 2. The second-order valence-electron chi connectivity index (χ2n) is 5.19. The van der Waals surface area contributed by atoms with Crippen LogP contribution in [-0.2, 0) is 28.2 Å². The maximum Gasteiger partial charge on any atom is 0.217 e. The summed E-state index contributed by atoms with van der Waals surface area (Å²) in [5.74, 6) is 0.511. The normalized spacial score (nSPS) is 10.3.